The van der Waals surface area contributed by atoms with Crippen LogP contribution >= 0.6 is 23.1 Å². The van der Waals surface area contributed by atoms with E-state index < -0.39 is 70.8 Å². The standard InChI is InChI=1S/C62H95N7O14S2/c1-12-40(6)57(51(80-10)34-54(75)68-25-16-21-48(68)58(81-11)41(7)49(72)32-43(60-65-24-29-84-60)30-42-18-14-13-15-19-42)67(9)61(78)47(38(2)3)33-50(73)56(39(4)5)66(8)53(74)23-28-82-27-17-20-45(70)22-26-69-55(76)35-52(62(69)79)85-37-44(59(63)77)31-46(71)36-83-64/h13-15,18-19,24,29,38-41,43-44,47-48,51-52,56-58H,12,16-17,20-23,25-28,30-37,64H2,1-11H3,(H2,63,77)/t40?,41-,43+,44?,47-,48-,51+,52?,56-,57-,58+/m0/s1. The quantitative estimate of drug-likeness (QED) is 0.0437. The van der Waals surface area contributed by atoms with Crippen molar-refractivity contribution in [3.05, 3.63) is 52.5 Å². The normalized spacial score (nSPS) is 18.6. The van der Waals surface area contributed by atoms with Gasteiger partial charge in [-0.3, -0.25) is 57.7 Å². The fraction of sp³-hybridized carbons (Fsp3) is 0.694. The Kier molecular flexibility index (Phi) is 30.7. The van der Waals surface area contributed by atoms with Crippen LogP contribution in [0.5, 0.6) is 0 Å². The first kappa shape index (κ1) is 72.2. The third-order valence-corrected chi connectivity index (χ3v) is 19.2. The Bertz CT molecular complexity index is 2520. The van der Waals surface area contributed by atoms with Crippen molar-refractivity contribution in [2.24, 2.45) is 47.1 Å². The number of aromatic nitrogens is 1. The summed E-state index contributed by atoms with van der Waals surface area (Å²) in [4.78, 5) is 149. The second-order valence-corrected chi connectivity index (χ2v) is 25.7. The lowest BCUT2D eigenvalue weighted by molar-refractivity contribution is -0.149. The van der Waals surface area contributed by atoms with Crippen molar-refractivity contribution in [2.45, 2.75) is 173 Å². The summed E-state index contributed by atoms with van der Waals surface area (Å²) in [6, 6.07) is 8.34. The second kappa shape index (κ2) is 36.1. The van der Waals surface area contributed by atoms with E-state index in [2.05, 4.69) is 22.0 Å². The van der Waals surface area contributed by atoms with Gasteiger partial charge in [-0.05, 0) is 49.0 Å². The highest BCUT2D eigenvalue weighted by molar-refractivity contribution is 8.00. The molecule has 2 aromatic rings. The minimum atomic E-state index is -0.874. The maximum atomic E-state index is 14.8. The lowest BCUT2D eigenvalue weighted by Gasteiger charge is -2.41. The summed E-state index contributed by atoms with van der Waals surface area (Å²) in [6.45, 7) is 13.6. The molecule has 0 bridgehead atoms. The summed E-state index contributed by atoms with van der Waals surface area (Å²) in [5, 5.41) is 2.05. The topological polar surface area (TPSA) is 286 Å². The number of nitrogens with zero attached hydrogens (tertiary/aromatic N) is 5. The van der Waals surface area contributed by atoms with Gasteiger partial charge in [0.1, 0.15) is 18.2 Å². The molecule has 1 aromatic heterocycles. The summed E-state index contributed by atoms with van der Waals surface area (Å²) >= 11 is 2.60. The largest absolute Gasteiger partial charge is 0.381 e. The van der Waals surface area contributed by atoms with Crippen LogP contribution in [0.2, 0.25) is 0 Å². The Balaban J connectivity index is 1.29. The summed E-state index contributed by atoms with van der Waals surface area (Å²) in [5.74, 6) is -1.13. The smallest absolute Gasteiger partial charge is 0.242 e. The first-order valence-electron chi connectivity index (χ1n) is 29.9. The molecule has 4 rings (SSSR count). The Labute approximate surface area is 511 Å². The van der Waals surface area contributed by atoms with Gasteiger partial charge in [0.05, 0.1) is 66.0 Å². The molecule has 1 aromatic carbocycles. The van der Waals surface area contributed by atoms with Gasteiger partial charge in [-0.15, -0.1) is 23.1 Å². The zero-order valence-electron chi connectivity index (χ0n) is 51.9. The maximum Gasteiger partial charge on any atom is 0.242 e. The summed E-state index contributed by atoms with van der Waals surface area (Å²) in [5.41, 5.74) is 6.55. The van der Waals surface area contributed by atoms with Gasteiger partial charge in [0.15, 0.2) is 11.6 Å². The number of primary amides is 1. The minimum absolute atomic E-state index is 0.0198. The van der Waals surface area contributed by atoms with Gasteiger partial charge >= 0.3 is 0 Å². The predicted molar refractivity (Wildman–Crippen MR) is 324 cm³/mol. The number of Topliss-reactive ketones (excluding diaryl/α,β-unsaturated/α-hetero) is 4. The number of hydrogen-bond donors (Lipinski definition) is 2. The number of methoxy groups -OCH3 is 2. The van der Waals surface area contributed by atoms with Gasteiger partial charge in [0.2, 0.25) is 35.4 Å². The van der Waals surface area contributed by atoms with Crippen LogP contribution < -0.4 is 11.6 Å². The highest BCUT2D eigenvalue weighted by atomic mass is 32.2. The monoisotopic (exact) mass is 1230 g/mol. The van der Waals surface area contributed by atoms with E-state index in [4.69, 9.17) is 25.8 Å². The Morgan fingerprint density at radius 3 is 2.15 bits per heavy atom. The number of thiazole rings is 1. The van der Waals surface area contributed by atoms with Crippen molar-refractivity contribution in [3.63, 3.8) is 0 Å². The molecule has 0 aliphatic carbocycles. The average Bonchev–Trinajstić information content (AvgIpc) is 4.41. The van der Waals surface area contributed by atoms with Crippen molar-refractivity contribution in [1.29, 1.82) is 0 Å². The number of thioether (sulfide) groups is 1. The van der Waals surface area contributed by atoms with Gasteiger partial charge in [0, 0.05) is 122 Å². The molecule has 4 N–H and O–H groups in total. The third-order valence-electron chi connectivity index (χ3n) is 16.9. The van der Waals surface area contributed by atoms with Gasteiger partial charge in [-0.1, -0.05) is 85.2 Å². The molecule has 23 heteroatoms. The van der Waals surface area contributed by atoms with E-state index in [0.717, 1.165) is 33.7 Å². The first-order chi connectivity index (χ1) is 40.4. The molecular formula is C62H95N7O14S2. The number of carbonyl (C=O) groups excluding carboxylic acids is 10. The van der Waals surface area contributed by atoms with Crippen molar-refractivity contribution >= 4 is 81.7 Å². The second-order valence-electron chi connectivity index (χ2n) is 23.5. The highest BCUT2D eigenvalue weighted by Gasteiger charge is 2.44. The van der Waals surface area contributed by atoms with Gasteiger partial charge in [-0.25, -0.2) is 10.9 Å². The average molecular weight is 1230 g/mol. The van der Waals surface area contributed by atoms with Crippen LogP contribution in [-0.4, -0.2) is 186 Å². The SMILES string of the molecule is CCC(C)[C@@H]([C@@H](CC(=O)N1CCC[C@H]1[C@H](OC)[C@@H](C)C(=O)C[C@@H](Cc1ccccc1)c1nccs1)OC)N(C)C(=O)[C@@H](CC(=O)[C@H](C(C)C)N(C)C(=O)CCOCCCC(=O)CCN1C(=O)CC(SCC(CC(=O)CON)C(N)=O)C1=O)C(C)C. The number of likely N-dealkylation sites (N-methyl/N-ethyl adjacent to an activating group) is 2. The Hall–Kier alpha value is -5.30. The Morgan fingerprint density at radius 2 is 1.55 bits per heavy atom. The molecule has 21 nitrogen and oxygen atoms in total. The van der Waals surface area contributed by atoms with Crippen molar-refractivity contribution in [1.82, 2.24) is 24.6 Å². The van der Waals surface area contributed by atoms with Crippen LogP contribution in [0.3, 0.4) is 0 Å². The molecule has 474 valence electrons. The van der Waals surface area contributed by atoms with Gasteiger partial charge in [0.25, 0.3) is 0 Å². The van der Waals surface area contributed by atoms with Crippen molar-refractivity contribution in [3.8, 4) is 0 Å². The van der Waals surface area contributed by atoms with Gasteiger partial charge in [-0.2, -0.15) is 0 Å². The van der Waals surface area contributed by atoms with Crippen molar-refractivity contribution < 1.29 is 67.0 Å². The molecule has 2 saturated heterocycles. The van der Waals surface area contributed by atoms with E-state index in [1.165, 1.54) is 16.2 Å². The molecule has 6 amide bonds. The summed E-state index contributed by atoms with van der Waals surface area (Å²) in [6.07, 6.45) is 3.45. The van der Waals surface area contributed by atoms with Crippen LogP contribution in [-0.2, 0) is 73.4 Å². The van der Waals surface area contributed by atoms with Gasteiger partial charge < -0.3 is 34.6 Å². The highest BCUT2D eigenvalue weighted by Crippen LogP contribution is 2.34. The first-order valence-corrected chi connectivity index (χ1v) is 31.9. The molecule has 11 atom stereocenters. The number of carbonyl (C=O) groups is 10. The van der Waals surface area contributed by atoms with Crippen LogP contribution in [0.1, 0.15) is 142 Å². The zero-order valence-corrected chi connectivity index (χ0v) is 53.5. The molecule has 2 aliphatic rings. The molecule has 3 heterocycles. The fourth-order valence-corrected chi connectivity index (χ4v) is 13.9. The fourth-order valence-electron chi connectivity index (χ4n) is 11.8. The zero-order chi connectivity index (χ0) is 63.1. The summed E-state index contributed by atoms with van der Waals surface area (Å²) in [7, 11) is 6.42. The number of amides is 6. The number of likely N-dealkylation sites (tertiary alicyclic amines) is 2. The lowest BCUT2D eigenvalue weighted by atomic mass is 9.83. The predicted octanol–water partition coefficient (Wildman–Crippen LogP) is 6.02. The third kappa shape index (κ3) is 21.2. The lowest BCUT2D eigenvalue weighted by Crippen LogP contribution is -2.54. The molecule has 2 aliphatic heterocycles. The van der Waals surface area contributed by atoms with E-state index in [-0.39, 0.29) is 148 Å². The maximum absolute atomic E-state index is 14.8. The number of benzene rings is 1. The van der Waals surface area contributed by atoms with Crippen LogP contribution in [0.15, 0.2) is 41.9 Å². The Morgan fingerprint density at radius 1 is 0.847 bits per heavy atom. The van der Waals surface area contributed by atoms with Crippen LogP contribution in [0.4, 0.5) is 0 Å². The van der Waals surface area contributed by atoms with Crippen LogP contribution in [0, 0.1) is 35.5 Å². The number of ketones is 4. The molecule has 0 saturated carbocycles. The molecule has 85 heavy (non-hydrogen) atoms. The number of hydrogen-bond acceptors (Lipinski definition) is 18. The molecular weight excluding hydrogens is 1130 g/mol. The van der Waals surface area contributed by atoms with Crippen molar-refractivity contribution in [2.75, 3.05) is 67.0 Å². The minimum Gasteiger partial charge on any atom is -0.381 e. The van der Waals surface area contributed by atoms with E-state index >= 15 is 0 Å². The molecule has 3 unspecified atom stereocenters. The van der Waals surface area contributed by atoms with E-state index in [1.807, 2.05) is 76.9 Å². The van der Waals surface area contributed by atoms with E-state index in [9.17, 15) is 47.9 Å². The molecule has 0 spiro atoms. The number of ether oxygens (including phenoxy) is 3. The summed E-state index contributed by atoms with van der Waals surface area (Å²) < 4.78 is 18.0. The molecule has 2 fully saturated rings. The molecule has 0 radical (unpaired) electrons. The van der Waals surface area contributed by atoms with Crippen LogP contribution in [0.25, 0.3) is 0 Å². The number of rotatable bonds is 41. The number of nitrogens with two attached hydrogens (primary N) is 2. The van der Waals surface area contributed by atoms with E-state index in [1.54, 1.807) is 39.4 Å². The number of imide groups is 1. The van der Waals surface area contributed by atoms with E-state index in [0.29, 0.717) is 32.2 Å².